The molecule has 26 heavy (non-hydrogen) atoms. The molecule has 0 atom stereocenters. The van der Waals surface area contributed by atoms with Gasteiger partial charge in [0.05, 0.1) is 22.7 Å². The van der Waals surface area contributed by atoms with Crippen LogP contribution in [0.25, 0.3) is 0 Å². The van der Waals surface area contributed by atoms with Crippen molar-refractivity contribution in [3.63, 3.8) is 0 Å². The van der Waals surface area contributed by atoms with Crippen molar-refractivity contribution < 1.29 is 13.2 Å². The van der Waals surface area contributed by atoms with E-state index in [1.807, 2.05) is 0 Å². The second-order valence-electron chi connectivity index (χ2n) is 6.41. The van der Waals surface area contributed by atoms with Gasteiger partial charge in [0.15, 0.2) is 9.84 Å². The minimum absolute atomic E-state index is 0.0124. The maximum atomic E-state index is 12.3. The predicted octanol–water partition coefficient (Wildman–Crippen LogP) is 0.956. The average molecular weight is 375 g/mol. The van der Waals surface area contributed by atoms with Gasteiger partial charge < -0.3 is 5.32 Å². The Morgan fingerprint density at radius 2 is 1.96 bits per heavy atom. The van der Waals surface area contributed by atoms with E-state index in [1.54, 1.807) is 18.2 Å². The summed E-state index contributed by atoms with van der Waals surface area (Å²) < 4.78 is 25.0. The van der Waals surface area contributed by atoms with Gasteiger partial charge in [0.1, 0.15) is 0 Å². The topological polar surface area (TPSA) is 98.1 Å². The summed E-state index contributed by atoms with van der Waals surface area (Å²) in [7, 11) is -3.50. The number of rotatable bonds is 5. The van der Waals surface area contributed by atoms with Gasteiger partial charge in [-0.25, -0.2) is 13.1 Å². The highest BCUT2D eigenvalue weighted by molar-refractivity contribution is 7.90. The van der Waals surface area contributed by atoms with Crippen molar-refractivity contribution in [2.24, 2.45) is 0 Å². The van der Waals surface area contributed by atoms with Crippen molar-refractivity contribution in [1.29, 1.82) is 0 Å². The summed E-state index contributed by atoms with van der Waals surface area (Å²) in [4.78, 5) is 24.5. The number of fused-ring (bicyclic) bond motifs is 1. The molecule has 3 rings (SSSR count). The van der Waals surface area contributed by atoms with Crippen LogP contribution in [0.3, 0.4) is 0 Å². The molecule has 0 aliphatic heterocycles. The number of carbonyl (C=O) groups excluding carboxylic acids is 1. The first-order chi connectivity index (χ1) is 12.4. The van der Waals surface area contributed by atoms with Crippen LogP contribution in [0.5, 0.6) is 0 Å². The monoisotopic (exact) mass is 375 g/mol. The highest BCUT2D eigenvalue weighted by Crippen LogP contribution is 2.17. The molecule has 0 radical (unpaired) electrons. The van der Waals surface area contributed by atoms with Crippen LogP contribution in [-0.2, 0) is 29.2 Å². The normalized spacial score (nSPS) is 13.9. The number of hydrogen-bond acceptors (Lipinski definition) is 5. The Labute approximate surface area is 152 Å². The predicted molar refractivity (Wildman–Crippen MR) is 97.0 cm³/mol. The molecule has 1 N–H and O–H groups in total. The number of nitrogens with one attached hydrogen (secondary N) is 1. The van der Waals surface area contributed by atoms with E-state index in [-0.39, 0.29) is 29.1 Å². The average Bonchev–Trinajstić information content (AvgIpc) is 2.61. The molecule has 0 bridgehead atoms. The van der Waals surface area contributed by atoms with Crippen molar-refractivity contribution in [3.05, 3.63) is 57.5 Å². The first kappa shape index (κ1) is 18.3. The van der Waals surface area contributed by atoms with Gasteiger partial charge in [-0.2, -0.15) is 5.10 Å². The Balaban J connectivity index is 1.70. The molecule has 0 spiro atoms. The van der Waals surface area contributed by atoms with Gasteiger partial charge in [0.25, 0.3) is 11.5 Å². The molecular formula is C18H21N3O4S. The SMILES string of the molecule is CS(=O)(=O)c1ccccc1C(=O)NCCn1nc2c(cc1=O)CCCC2. The van der Waals surface area contributed by atoms with Gasteiger partial charge in [-0.3, -0.25) is 9.59 Å². The molecular weight excluding hydrogens is 354 g/mol. The molecule has 7 nitrogen and oxygen atoms in total. The third-order valence-electron chi connectivity index (χ3n) is 4.41. The minimum atomic E-state index is -3.50. The molecule has 1 amide bonds. The summed E-state index contributed by atoms with van der Waals surface area (Å²) >= 11 is 0. The number of aryl methyl sites for hydroxylation is 2. The first-order valence-corrected chi connectivity index (χ1v) is 10.4. The molecule has 8 heteroatoms. The summed E-state index contributed by atoms with van der Waals surface area (Å²) in [6.45, 7) is 0.418. The molecule has 0 unspecified atom stereocenters. The van der Waals surface area contributed by atoms with Crippen LogP contribution in [-0.4, -0.2) is 36.9 Å². The third kappa shape index (κ3) is 4.01. The van der Waals surface area contributed by atoms with Crippen molar-refractivity contribution in [3.8, 4) is 0 Å². The molecule has 1 aromatic heterocycles. The van der Waals surface area contributed by atoms with Gasteiger partial charge >= 0.3 is 0 Å². The zero-order valence-electron chi connectivity index (χ0n) is 14.6. The molecule has 1 aliphatic carbocycles. The van der Waals surface area contributed by atoms with E-state index in [2.05, 4.69) is 10.4 Å². The third-order valence-corrected chi connectivity index (χ3v) is 5.57. The molecule has 1 aliphatic rings. The summed E-state index contributed by atoms with van der Waals surface area (Å²) in [6.07, 6.45) is 4.96. The molecule has 2 aromatic rings. The molecule has 1 aromatic carbocycles. The van der Waals surface area contributed by atoms with Gasteiger partial charge in [-0.05, 0) is 43.4 Å². The van der Waals surface area contributed by atoms with E-state index < -0.39 is 15.7 Å². The quantitative estimate of drug-likeness (QED) is 0.839. The second kappa shape index (κ2) is 7.41. The van der Waals surface area contributed by atoms with Gasteiger partial charge in [0, 0.05) is 18.9 Å². The zero-order valence-corrected chi connectivity index (χ0v) is 15.4. The van der Waals surface area contributed by atoms with Crippen LogP contribution in [0, 0.1) is 0 Å². The number of carbonyl (C=O) groups is 1. The van der Waals surface area contributed by atoms with Gasteiger partial charge in [-0.15, -0.1) is 0 Å². The van der Waals surface area contributed by atoms with Crippen molar-refractivity contribution in [2.45, 2.75) is 37.1 Å². The minimum Gasteiger partial charge on any atom is -0.350 e. The fourth-order valence-electron chi connectivity index (χ4n) is 3.11. The van der Waals surface area contributed by atoms with Crippen LogP contribution in [0.2, 0.25) is 0 Å². The first-order valence-electron chi connectivity index (χ1n) is 8.53. The Morgan fingerprint density at radius 1 is 1.23 bits per heavy atom. The van der Waals surface area contributed by atoms with Gasteiger partial charge in [-0.1, -0.05) is 12.1 Å². The van der Waals surface area contributed by atoms with Crippen molar-refractivity contribution in [1.82, 2.24) is 15.1 Å². The van der Waals surface area contributed by atoms with Crippen LogP contribution < -0.4 is 10.9 Å². The number of nitrogens with zero attached hydrogens (tertiary/aromatic N) is 2. The number of aromatic nitrogens is 2. The zero-order chi connectivity index (χ0) is 18.7. The highest BCUT2D eigenvalue weighted by Gasteiger charge is 2.18. The van der Waals surface area contributed by atoms with E-state index in [0.29, 0.717) is 0 Å². The van der Waals surface area contributed by atoms with Gasteiger partial charge in [0.2, 0.25) is 0 Å². The maximum absolute atomic E-state index is 12.3. The lowest BCUT2D eigenvalue weighted by molar-refractivity contribution is 0.0948. The Kier molecular flexibility index (Phi) is 5.22. The Hall–Kier alpha value is -2.48. The number of sulfone groups is 1. The molecule has 0 saturated carbocycles. The molecule has 0 saturated heterocycles. The number of benzene rings is 1. The number of hydrogen-bond donors (Lipinski definition) is 1. The Morgan fingerprint density at radius 3 is 2.73 bits per heavy atom. The highest BCUT2D eigenvalue weighted by atomic mass is 32.2. The Bertz CT molecular complexity index is 996. The van der Waals surface area contributed by atoms with Crippen molar-refractivity contribution >= 4 is 15.7 Å². The van der Waals surface area contributed by atoms with Crippen LogP contribution in [0.1, 0.15) is 34.5 Å². The fourth-order valence-corrected chi connectivity index (χ4v) is 4.00. The molecule has 1 heterocycles. The summed E-state index contributed by atoms with van der Waals surface area (Å²) in [5.74, 6) is -0.489. The van der Waals surface area contributed by atoms with E-state index >= 15 is 0 Å². The van der Waals surface area contributed by atoms with E-state index in [0.717, 1.165) is 43.2 Å². The van der Waals surface area contributed by atoms with E-state index in [4.69, 9.17) is 0 Å². The summed E-state index contributed by atoms with van der Waals surface area (Å²) in [5, 5.41) is 7.06. The summed E-state index contributed by atoms with van der Waals surface area (Å²) in [6, 6.07) is 7.68. The van der Waals surface area contributed by atoms with Crippen LogP contribution in [0.4, 0.5) is 0 Å². The molecule has 138 valence electrons. The lowest BCUT2D eigenvalue weighted by Crippen LogP contribution is -2.33. The van der Waals surface area contributed by atoms with Crippen molar-refractivity contribution in [2.75, 3.05) is 12.8 Å². The fraction of sp³-hybridized carbons (Fsp3) is 0.389. The standard InChI is InChI=1S/C18H21N3O4S/c1-26(24,25)16-9-5-3-7-14(16)18(23)19-10-11-21-17(22)12-13-6-2-4-8-15(13)20-21/h3,5,7,9,12H,2,4,6,8,10-11H2,1H3,(H,19,23). The lowest BCUT2D eigenvalue weighted by atomic mass is 9.97. The number of amides is 1. The second-order valence-corrected chi connectivity index (χ2v) is 8.39. The summed E-state index contributed by atoms with van der Waals surface area (Å²) in [5.41, 5.74) is 1.88. The van der Waals surface area contributed by atoms with Crippen LogP contribution >= 0.6 is 0 Å². The maximum Gasteiger partial charge on any atom is 0.267 e. The van der Waals surface area contributed by atoms with E-state index in [9.17, 15) is 18.0 Å². The molecule has 0 fully saturated rings. The largest absolute Gasteiger partial charge is 0.350 e. The van der Waals surface area contributed by atoms with E-state index in [1.165, 1.54) is 16.8 Å². The van der Waals surface area contributed by atoms with Crippen LogP contribution in [0.15, 0.2) is 40.0 Å². The lowest BCUT2D eigenvalue weighted by Gasteiger charge is -2.16. The smallest absolute Gasteiger partial charge is 0.267 e.